The second kappa shape index (κ2) is 6.47. The number of nitrogens with zero attached hydrogens (tertiary/aromatic N) is 3. The number of nitro benzene ring substituents is 2. The first-order valence-corrected chi connectivity index (χ1v) is 6.68. The average molecular weight is 316 g/mol. The summed E-state index contributed by atoms with van der Waals surface area (Å²) in [7, 11) is 0. The van der Waals surface area contributed by atoms with Gasteiger partial charge in [0.2, 0.25) is 0 Å². The van der Waals surface area contributed by atoms with Gasteiger partial charge in [0.05, 0.1) is 20.8 Å². The highest BCUT2D eigenvalue weighted by molar-refractivity contribution is 7.12. The van der Waals surface area contributed by atoms with Gasteiger partial charge in [0.25, 0.3) is 5.69 Å². The van der Waals surface area contributed by atoms with E-state index in [1.807, 2.05) is 5.38 Å². The van der Waals surface area contributed by atoms with Crippen LogP contribution in [-0.4, -0.2) is 15.6 Å². The highest BCUT2D eigenvalue weighted by atomic mass is 32.1. The maximum atomic E-state index is 11.0. The van der Waals surface area contributed by atoms with Gasteiger partial charge >= 0.3 is 5.69 Å². The number of non-ortho nitro benzene ring substituents is 1. The summed E-state index contributed by atoms with van der Waals surface area (Å²) >= 11 is 1.37. The smallest absolute Gasteiger partial charge is 0.270 e. The molecule has 9 heteroatoms. The average Bonchev–Trinajstić information content (AvgIpc) is 3.02. The number of rotatable bonds is 5. The van der Waals surface area contributed by atoms with E-state index in [9.17, 15) is 20.2 Å². The zero-order valence-electron chi connectivity index (χ0n) is 10.9. The van der Waals surface area contributed by atoms with Crippen molar-refractivity contribution in [3.05, 3.63) is 60.8 Å². The van der Waals surface area contributed by atoms with Gasteiger partial charge in [-0.2, -0.15) is 5.10 Å². The van der Waals surface area contributed by atoms with Crippen LogP contribution in [0.5, 0.6) is 0 Å². The Morgan fingerprint density at radius 2 is 2.05 bits per heavy atom. The molecule has 0 aliphatic rings. The third kappa shape index (κ3) is 3.25. The van der Waals surface area contributed by atoms with Gasteiger partial charge in [-0.05, 0) is 23.4 Å². The van der Waals surface area contributed by atoms with Gasteiger partial charge in [-0.25, -0.2) is 0 Å². The molecule has 0 bridgehead atoms. The van der Waals surface area contributed by atoms with E-state index in [1.54, 1.807) is 12.1 Å². The molecule has 0 aliphatic carbocycles. The van der Waals surface area contributed by atoms with Gasteiger partial charge in [0.15, 0.2) is 0 Å². The van der Waals surface area contributed by atoms with Crippen LogP contribution in [0, 0.1) is 32.6 Å². The van der Waals surface area contributed by atoms with Gasteiger partial charge < -0.3 is 0 Å². The first-order valence-electron chi connectivity index (χ1n) is 5.80. The van der Waals surface area contributed by atoms with Gasteiger partial charge in [-0.1, -0.05) is 6.07 Å². The molecular weight excluding hydrogens is 308 g/mol. The van der Waals surface area contributed by atoms with Crippen molar-refractivity contribution in [3.8, 4) is 12.3 Å². The SMILES string of the molecule is C#C/C(=N/Nc1ccc([N+](=O)[O-])cc1[N+](=O)[O-])c1cccs1. The summed E-state index contributed by atoms with van der Waals surface area (Å²) in [6.07, 6.45) is 5.35. The predicted octanol–water partition coefficient (Wildman–Crippen LogP) is 3.01. The van der Waals surface area contributed by atoms with Crippen LogP contribution in [0.25, 0.3) is 0 Å². The predicted molar refractivity (Wildman–Crippen MR) is 83.1 cm³/mol. The van der Waals surface area contributed by atoms with Crippen molar-refractivity contribution in [1.82, 2.24) is 0 Å². The lowest BCUT2D eigenvalue weighted by Crippen LogP contribution is -2.02. The van der Waals surface area contributed by atoms with Crippen LogP contribution in [0.4, 0.5) is 17.1 Å². The fraction of sp³-hybridized carbons (Fsp3) is 0. The van der Waals surface area contributed by atoms with Crippen LogP contribution in [0.2, 0.25) is 0 Å². The van der Waals surface area contributed by atoms with Gasteiger partial charge in [-0.15, -0.1) is 17.8 Å². The Kier molecular flexibility index (Phi) is 4.45. The van der Waals surface area contributed by atoms with Crippen molar-refractivity contribution in [2.24, 2.45) is 5.10 Å². The topological polar surface area (TPSA) is 111 Å². The Morgan fingerprint density at radius 1 is 1.27 bits per heavy atom. The lowest BCUT2D eigenvalue weighted by atomic mass is 10.2. The first kappa shape index (κ1) is 15.1. The van der Waals surface area contributed by atoms with Gasteiger partial charge in [-0.3, -0.25) is 25.7 Å². The molecule has 1 aromatic heterocycles. The van der Waals surface area contributed by atoms with Crippen LogP contribution >= 0.6 is 11.3 Å². The van der Waals surface area contributed by atoms with E-state index in [0.29, 0.717) is 0 Å². The summed E-state index contributed by atoms with van der Waals surface area (Å²) in [6, 6.07) is 6.77. The normalized spacial score (nSPS) is 10.8. The number of benzene rings is 1. The molecule has 1 N–H and O–H groups in total. The lowest BCUT2D eigenvalue weighted by Gasteiger charge is -2.03. The molecule has 0 spiro atoms. The molecule has 0 amide bonds. The molecule has 2 rings (SSSR count). The molecule has 0 aliphatic heterocycles. The fourth-order valence-corrected chi connectivity index (χ4v) is 2.24. The molecule has 22 heavy (non-hydrogen) atoms. The highest BCUT2D eigenvalue weighted by Crippen LogP contribution is 2.29. The quantitative estimate of drug-likeness (QED) is 0.394. The number of hydrazone groups is 1. The second-order valence-electron chi connectivity index (χ2n) is 3.91. The van der Waals surface area contributed by atoms with E-state index < -0.39 is 15.5 Å². The number of hydrogen-bond donors (Lipinski definition) is 1. The number of anilines is 1. The third-order valence-corrected chi connectivity index (χ3v) is 3.44. The zero-order valence-corrected chi connectivity index (χ0v) is 11.7. The van der Waals surface area contributed by atoms with Crippen LogP contribution in [0.1, 0.15) is 4.88 Å². The molecule has 110 valence electrons. The molecule has 0 fully saturated rings. The summed E-state index contributed by atoms with van der Waals surface area (Å²) < 4.78 is 0. The van der Waals surface area contributed by atoms with Crippen LogP contribution < -0.4 is 5.43 Å². The molecule has 0 unspecified atom stereocenters. The van der Waals surface area contributed by atoms with Crippen LogP contribution in [0.15, 0.2) is 40.8 Å². The van der Waals surface area contributed by atoms with Crippen molar-refractivity contribution in [2.45, 2.75) is 0 Å². The Balaban J connectivity index is 2.35. The van der Waals surface area contributed by atoms with Crippen LogP contribution in [0.3, 0.4) is 0 Å². The molecule has 0 atom stereocenters. The van der Waals surface area contributed by atoms with E-state index in [2.05, 4.69) is 16.4 Å². The van der Waals surface area contributed by atoms with Crippen molar-refractivity contribution < 1.29 is 9.85 Å². The maximum absolute atomic E-state index is 11.0. The standard InChI is InChI=1S/C13H8N4O4S/c1-2-10(13-4-3-7-22-13)14-15-11-6-5-9(16(18)19)8-12(11)17(20)21/h1,3-8,15H/b14-10-. The number of nitrogens with one attached hydrogen (secondary N) is 1. The van der Waals surface area contributed by atoms with E-state index in [0.717, 1.165) is 17.0 Å². The monoisotopic (exact) mass is 316 g/mol. The summed E-state index contributed by atoms with van der Waals surface area (Å²) in [5.74, 6) is 2.37. The minimum absolute atomic E-state index is 0.0138. The van der Waals surface area contributed by atoms with E-state index in [4.69, 9.17) is 6.42 Å². The second-order valence-corrected chi connectivity index (χ2v) is 4.86. The van der Waals surface area contributed by atoms with Gasteiger partial charge in [0.1, 0.15) is 11.4 Å². The molecule has 1 heterocycles. The van der Waals surface area contributed by atoms with Gasteiger partial charge in [0, 0.05) is 6.07 Å². The fourth-order valence-electron chi connectivity index (χ4n) is 1.57. The minimum atomic E-state index is -0.731. The lowest BCUT2D eigenvalue weighted by molar-refractivity contribution is -0.393. The molecule has 0 saturated carbocycles. The van der Waals surface area contributed by atoms with Crippen molar-refractivity contribution >= 4 is 34.1 Å². The number of nitro groups is 2. The van der Waals surface area contributed by atoms with Crippen molar-refractivity contribution in [2.75, 3.05) is 5.43 Å². The number of terminal acetylenes is 1. The van der Waals surface area contributed by atoms with Crippen molar-refractivity contribution in [1.29, 1.82) is 0 Å². The zero-order chi connectivity index (χ0) is 16.1. The Bertz CT molecular complexity index is 793. The van der Waals surface area contributed by atoms with E-state index in [-0.39, 0.29) is 17.1 Å². The van der Waals surface area contributed by atoms with E-state index >= 15 is 0 Å². The molecule has 1 aromatic carbocycles. The molecule has 8 nitrogen and oxygen atoms in total. The molecule has 0 radical (unpaired) electrons. The molecule has 0 saturated heterocycles. The minimum Gasteiger partial charge on any atom is -0.270 e. The summed E-state index contributed by atoms with van der Waals surface area (Å²) in [5, 5.41) is 27.4. The van der Waals surface area contributed by atoms with Crippen LogP contribution in [-0.2, 0) is 0 Å². The third-order valence-electron chi connectivity index (χ3n) is 2.57. The largest absolute Gasteiger partial charge is 0.301 e. The highest BCUT2D eigenvalue weighted by Gasteiger charge is 2.19. The summed E-state index contributed by atoms with van der Waals surface area (Å²) in [6.45, 7) is 0. The van der Waals surface area contributed by atoms with Crippen molar-refractivity contribution in [3.63, 3.8) is 0 Å². The molecular formula is C13H8N4O4S. The Labute approximate surface area is 128 Å². The number of thiophene rings is 1. The summed E-state index contributed by atoms with van der Waals surface area (Å²) in [4.78, 5) is 20.9. The maximum Gasteiger partial charge on any atom is 0.301 e. The Morgan fingerprint density at radius 3 is 2.59 bits per heavy atom. The first-order chi connectivity index (χ1) is 10.5. The van der Waals surface area contributed by atoms with E-state index in [1.165, 1.54) is 17.4 Å². The number of hydrogen-bond acceptors (Lipinski definition) is 7. The Hall–Kier alpha value is -3.25. The summed E-state index contributed by atoms with van der Waals surface area (Å²) in [5.41, 5.74) is 1.95. The molecule has 2 aromatic rings.